The molecule has 29 heavy (non-hydrogen) atoms. The molecule has 1 amide bonds. The maximum Gasteiger partial charge on any atom is 0.407 e. The molecule has 0 bridgehead atoms. The van der Waals surface area contributed by atoms with Crippen molar-refractivity contribution in [2.24, 2.45) is 16.8 Å². The fourth-order valence-electron chi connectivity index (χ4n) is 3.26. The van der Waals surface area contributed by atoms with Crippen LogP contribution in [0.15, 0.2) is 4.99 Å². The van der Waals surface area contributed by atoms with Crippen molar-refractivity contribution < 1.29 is 19.0 Å². The van der Waals surface area contributed by atoms with Gasteiger partial charge in [-0.1, -0.05) is 13.8 Å². The average molecular weight is 528 g/mol. The summed E-state index contributed by atoms with van der Waals surface area (Å²) in [6, 6.07) is -0.0384. The Hall–Kier alpha value is -0.810. The van der Waals surface area contributed by atoms with Crippen LogP contribution in [0.1, 0.15) is 40.5 Å². The molecule has 0 aromatic rings. The van der Waals surface area contributed by atoms with Crippen molar-refractivity contribution in [1.82, 2.24) is 15.5 Å². The van der Waals surface area contributed by atoms with Gasteiger partial charge in [0.25, 0.3) is 0 Å². The fraction of sp³-hybridized carbons (Fsp3) is 0.900. The minimum absolute atomic E-state index is 0. The number of amides is 1. The molecule has 8 nitrogen and oxygen atoms in total. The number of rotatable bonds is 12. The number of nitrogens with one attached hydrogen (secondary N) is 2. The van der Waals surface area contributed by atoms with Crippen LogP contribution in [0.3, 0.4) is 0 Å². The first-order valence-electron chi connectivity index (χ1n) is 10.5. The maximum absolute atomic E-state index is 11.8. The molecule has 0 aromatic carbocycles. The molecule has 0 saturated carbocycles. The second-order valence-electron chi connectivity index (χ2n) is 7.55. The van der Waals surface area contributed by atoms with Gasteiger partial charge in [0.2, 0.25) is 0 Å². The monoisotopic (exact) mass is 528 g/mol. The lowest BCUT2D eigenvalue weighted by Crippen LogP contribution is -2.43. The first-order valence-corrected chi connectivity index (χ1v) is 10.5. The number of methoxy groups -OCH3 is 1. The number of carbonyl (C=O) groups is 1. The lowest BCUT2D eigenvalue weighted by atomic mass is 10.0. The zero-order valence-corrected chi connectivity index (χ0v) is 21.1. The van der Waals surface area contributed by atoms with Gasteiger partial charge in [-0.05, 0) is 32.6 Å². The fourth-order valence-corrected chi connectivity index (χ4v) is 3.26. The van der Waals surface area contributed by atoms with E-state index in [1.165, 1.54) is 0 Å². The summed E-state index contributed by atoms with van der Waals surface area (Å²) in [7, 11) is 1.68. The normalized spacial score (nSPS) is 17.8. The Bertz CT molecular complexity index is 466. The van der Waals surface area contributed by atoms with Crippen molar-refractivity contribution in [2.75, 3.05) is 59.7 Å². The van der Waals surface area contributed by atoms with Crippen molar-refractivity contribution in [3.8, 4) is 0 Å². The first-order chi connectivity index (χ1) is 13.5. The number of ether oxygens (including phenoxy) is 3. The van der Waals surface area contributed by atoms with Gasteiger partial charge in [0.15, 0.2) is 5.96 Å². The van der Waals surface area contributed by atoms with E-state index in [0.717, 1.165) is 45.0 Å². The largest absolute Gasteiger partial charge is 0.450 e. The number of alkyl carbamates (subject to hydrolysis) is 1. The summed E-state index contributed by atoms with van der Waals surface area (Å²) >= 11 is 0. The second kappa shape index (κ2) is 16.9. The van der Waals surface area contributed by atoms with Gasteiger partial charge in [0, 0.05) is 32.7 Å². The number of nitrogens with zero attached hydrogens (tertiary/aromatic N) is 2. The van der Waals surface area contributed by atoms with Gasteiger partial charge in [-0.25, -0.2) is 4.79 Å². The van der Waals surface area contributed by atoms with E-state index >= 15 is 0 Å². The Morgan fingerprint density at radius 2 is 2.03 bits per heavy atom. The summed E-state index contributed by atoms with van der Waals surface area (Å²) in [5.41, 5.74) is 0. The van der Waals surface area contributed by atoms with Crippen LogP contribution in [0, 0.1) is 11.8 Å². The molecule has 0 radical (unpaired) electrons. The number of guanidine groups is 1. The van der Waals surface area contributed by atoms with Crippen LogP contribution in [0.25, 0.3) is 0 Å². The van der Waals surface area contributed by atoms with Crippen LogP contribution in [-0.2, 0) is 14.2 Å². The summed E-state index contributed by atoms with van der Waals surface area (Å²) < 4.78 is 15.7. The van der Waals surface area contributed by atoms with Gasteiger partial charge in [-0.3, -0.25) is 4.99 Å². The Kier molecular flexibility index (Phi) is 16.5. The van der Waals surface area contributed by atoms with Crippen LogP contribution in [0.4, 0.5) is 4.79 Å². The molecule has 2 N–H and O–H groups in total. The minimum atomic E-state index is -0.372. The van der Waals surface area contributed by atoms with E-state index in [9.17, 15) is 4.79 Å². The number of hydrogen-bond acceptors (Lipinski definition) is 5. The third-order valence-electron chi connectivity index (χ3n) is 4.52. The predicted octanol–water partition coefficient (Wildman–Crippen LogP) is 2.72. The molecule has 1 aliphatic heterocycles. The minimum Gasteiger partial charge on any atom is -0.450 e. The van der Waals surface area contributed by atoms with Crippen LogP contribution in [0.5, 0.6) is 0 Å². The van der Waals surface area contributed by atoms with E-state index in [4.69, 9.17) is 19.2 Å². The third-order valence-corrected chi connectivity index (χ3v) is 4.52. The number of hydrogen-bond donors (Lipinski definition) is 2. The highest BCUT2D eigenvalue weighted by atomic mass is 127. The molecule has 1 fully saturated rings. The van der Waals surface area contributed by atoms with E-state index in [-0.39, 0.29) is 36.1 Å². The third kappa shape index (κ3) is 12.5. The summed E-state index contributed by atoms with van der Waals surface area (Å²) in [4.78, 5) is 18.9. The maximum atomic E-state index is 11.8. The SMILES string of the molecule is CCNC(=NCC(CC(C)C)NC(=O)OCC)N1CCC(COCCOC)C1.I. The molecule has 0 spiro atoms. The van der Waals surface area contributed by atoms with E-state index in [0.29, 0.717) is 38.2 Å². The Balaban J connectivity index is 0.00000784. The lowest BCUT2D eigenvalue weighted by molar-refractivity contribution is 0.0536. The number of carbonyl (C=O) groups excluding carboxylic acids is 1. The Morgan fingerprint density at radius 3 is 2.66 bits per heavy atom. The number of likely N-dealkylation sites (tertiary alicyclic amines) is 1. The topological polar surface area (TPSA) is 84.4 Å². The van der Waals surface area contributed by atoms with Crippen molar-refractivity contribution >= 4 is 36.0 Å². The summed E-state index contributed by atoms with van der Waals surface area (Å²) in [5, 5.41) is 6.32. The molecule has 1 aliphatic rings. The number of halogens is 1. The number of aliphatic imine (C=N–C) groups is 1. The summed E-state index contributed by atoms with van der Waals surface area (Å²) in [6.45, 7) is 13.8. The Labute approximate surface area is 193 Å². The Morgan fingerprint density at radius 1 is 1.28 bits per heavy atom. The lowest BCUT2D eigenvalue weighted by Gasteiger charge is -2.24. The van der Waals surface area contributed by atoms with Crippen LogP contribution >= 0.6 is 24.0 Å². The van der Waals surface area contributed by atoms with E-state index in [1.807, 2.05) is 0 Å². The standard InChI is InChI=1S/C20H40N4O4.HI/c1-6-21-19(24-9-8-17(14-24)15-27-11-10-26-5)22-13-18(12-16(3)4)23-20(25)28-7-2;/h16-18H,6-15H2,1-5H3,(H,21,22)(H,23,25);1H. The molecule has 0 aromatic heterocycles. The molecular formula is C20H41IN4O4. The quantitative estimate of drug-likeness (QED) is 0.176. The van der Waals surface area contributed by atoms with E-state index in [1.54, 1.807) is 14.0 Å². The molecule has 1 rings (SSSR count). The highest BCUT2D eigenvalue weighted by Crippen LogP contribution is 2.17. The van der Waals surface area contributed by atoms with Gasteiger partial charge < -0.3 is 29.7 Å². The van der Waals surface area contributed by atoms with Crippen LogP contribution < -0.4 is 10.6 Å². The van der Waals surface area contributed by atoms with Crippen LogP contribution in [-0.4, -0.2) is 82.7 Å². The highest BCUT2D eigenvalue weighted by Gasteiger charge is 2.25. The highest BCUT2D eigenvalue weighted by molar-refractivity contribution is 14.0. The van der Waals surface area contributed by atoms with Crippen molar-refractivity contribution in [3.63, 3.8) is 0 Å². The van der Waals surface area contributed by atoms with Gasteiger partial charge in [0.05, 0.1) is 39.0 Å². The molecule has 2 atom stereocenters. The molecule has 2 unspecified atom stereocenters. The first kappa shape index (κ1) is 28.2. The molecule has 1 heterocycles. The van der Waals surface area contributed by atoms with Gasteiger partial charge in [-0.2, -0.15) is 0 Å². The summed E-state index contributed by atoms with van der Waals surface area (Å²) in [6.07, 6.45) is 1.58. The second-order valence-corrected chi connectivity index (χ2v) is 7.55. The molecule has 0 aliphatic carbocycles. The van der Waals surface area contributed by atoms with E-state index < -0.39 is 0 Å². The molecular weight excluding hydrogens is 487 g/mol. The molecule has 1 saturated heterocycles. The predicted molar refractivity (Wildman–Crippen MR) is 127 cm³/mol. The zero-order chi connectivity index (χ0) is 20.8. The van der Waals surface area contributed by atoms with E-state index in [2.05, 4.69) is 36.3 Å². The van der Waals surface area contributed by atoms with Crippen molar-refractivity contribution in [3.05, 3.63) is 0 Å². The van der Waals surface area contributed by atoms with Crippen LogP contribution in [0.2, 0.25) is 0 Å². The van der Waals surface area contributed by atoms with Crippen molar-refractivity contribution in [1.29, 1.82) is 0 Å². The zero-order valence-electron chi connectivity index (χ0n) is 18.7. The van der Waals surface area contributed by atoms with Crippen molar-refractivity contribution in [2.45, 2.75) is 46.6 Å². The average Bonchev–Trinajstić information content (AvgIpc) is 3.10. The molecule has 9 heteroatoms. The smallest absolute Gasteiger partial charge is 0.407 e. The van der Waals surface area contributed by atoms with Gasteiger partial charge >= 0.3 is 6.09 Å². The van der Waals surface area contributed by atoms with Gasteiger partial charge in [-0.15, -0.1) is 24.0 Å². The van der Waals surface area contributed by atoms with Gasteiger partial charge in [0.1, 0.15) is 0 Å². The summed E-state index contributed by atoms with van der Waals surface area (Å²) in [5.74, 6) is 1.87. The molecule has 172 valence electrons.